The topological polar surface area (TPSA) is 106 Å². The fraction of sp³-hybridized carbons (Fsp3) is 0.333. The Morgan fingerprint density at radius 1 is 1.15 bits per heavy atom. The van der Waals surface area contributed by atoms with Gasteiger partial charge in [-0.1, -0.05) is 0 Å². The molecule has 1 fully saturated rings. The van der Waals surface area contributed by atoms with Crippen LogP contribution >= 0.6 is 11.6 Å². The molecule has 0 aromatic carbocycles. The molecule has 2 N–H and O–H groups in total. The lowest BCUT2D eigenvalue weighted by Crippen LogP contribution is -2.14. The lowest BCUT2D eigenvalue weighted by Gasteiger charge is -2.12. The molecular weight excluding hydrogens is 361 g/mol. The van der Waals surface area contributed by atoms with Crippen LogP contribution in [-0.2, 0) is 0 Å². The van der Waals surface area contributed by atoms with Crippen LogP contribution in [0.2, 0.25) is 5.28 Å². The van der Waals surface area contributed by atoms with E-state index in [1.807, 2.05) is 6.20 Å². The minimum atomic E-state index is -0.499. The number of aromatic nitrogens is 7. The molecule has 26 heavy (non-hydrogen) atoms. The van der Waals surface area contributed by atoms with E-state index < -0.39 is 5.82 Å². The van der Waals surface area contributed by atoms with Gasteiger partial charge in [-0.25, -0.2) is 19.3 Å². The first-order valence-electron chi connectivity index (χ1n) is 8.03. The van der Waals surface area contributed by atoms with Crippen molar-refractivity contribution in [2.75, 3.05) is 10.6 Å². The van der Waals surface area contributed by atoms with Crippen LogP contribution in [0.1, 0.15) is 37.7 Å². The Labute approximate surface area is 153 Å². The molecule has 0 bridgehead atoms. The van der Waals surface area contributed by atoms with E-state index in [0.717, 1.165) is 12.4 Å². The van der Waals surface area contributed by atoms with Gasteiger partial charge in [0.05, 0.1) is 24.8 Å². The van der Waals surface area contributed by atoms with Crippen molar-refractivity contribution >= 4 is 29.3 Å². The third-order valence-corrected chi connectivity index (χ3v) is 3.96. The summed E-state index contributed by atoms with van der Waals surface area (Å²) < 4.78 is 15.0. The summed E-state index contributed by atoms with van der Waals surface area (Å²) in [5, 5.41) is 6.05. The van der Waals surface area contributed by atoms with Gasteiger partial charge in [0.25, 0.3) is 0 Å². The molecule has 1 saturated carbocycles. The molecule has 0 radical (unpaired) electrons. The third-order valence-electron chi connectivity index (χ3n) is 3.79. The van der Waals surface area contributed by atoms with Crippen LogP contribution in [0.25, 0.3) is 0 Å². The molecule has 1 atom stereocenters. The minimum absolute atomic E-state index is 0.0267. The molecule has 3 aromatic heterocycles. The predicted octanol–water partition coefficient (Wildman–Crippen LogP) is 2.90. The maximum Gasteiger partial charge on any atom is 0.234 e. The first kappa shape index (κ1) is 16.6. The van der Waals surface area contributed by atoms with Crippen LogP contribution in [0.3, 0.4) is 0 Å². The van der Waals surface area contributed by atoms with E-state index in [0.29, 0.717) is 17.7 Å². The molecule has 0 spiro atoms. The summed E-state index contributed by atoms with van der Waals surface area (Å²) in [6.45, 7) is 1.80. The summed E-state index contributed by atoms with van der Waals surface area (Å²) in [6.07, 6.45) is 8.22. The maximum atomic E-state index is 12.9. The standard InChI is InChI=1S/C15H15ClFN9/c1-8(12-18-4-9(17)5-19-12)21-14-23-13(16)24-15(25-14)22-11-6-26(7-20-11)10-2-3-10/h4-8,10H,2-3H2,1H3,(H2,21,22,23,24,25)/t8-/m0/s1. The second kappa shape index (κ2) is 6.79. The number of hydrogen-bond acceptors (Lipinski definition) is 8. The number of anilines is 3. The van der Waals surface area contributed by atoms with E-state index >= 15 is 0 Å². The number of hydrogen-bond donors (Lipinski definition) is 2. The third kappa shape index (κ3) is 3.85. The summed E-state index contributed by atoms with van der Waals surface area (Å²) in [5.74, 6) is 1.04. The summed E-state index contributed by atoms with van der Waals surface area (Å²) in [4.78, 5) is 24.5. The molecular formula is C15H15ClFN9. The number of rotatable bonds is 6. The molecule has 3 aromatic rings. The van der Waals surface area contributed by atoms with Crippen molar-refractivity contribution in [3.05, 3.63) is 41.8 Å². The Hall–Kier alpha value is -2.88. The van der Waals surface area contributed by atoms with Gasteiger partial charge in [0.2, 0.25) is 17.2 Å². The quantitative estimate of drug-likeness (QED) is 0.677. The van der Waals surface area contributed by atoms with E-state index in [-0.39, 0.29) is 23.2 Å². The molecule has 4 rings (SSSR count). The SMILES string of the molecule is C[C@H](Nc1nc(Cl)nc(Nc2cn(C3CC3)cn2)n1)c1ncc(F)cn1. The Balaban J connectivity index is 1.48. The average molecular weight is 376 g/mol. The van der Waals surface area contributed by atoms with Gasteiger partial charge in [-0.05, 0) is 31.4 Å². The molecule has 0 saturated heterocycles. The predicted molar refractivity (Wildman–Crippen MR) is 92.6 cm³/mol. The molecule has 1 aliphatic rings. The number of halogens is 2. The smallest absolute Gasteiger partial charge is 0.234 e. The van der Waals surface area contributed by atoms with Crippen molar-refractivity contribution < 1.29 is 4.39 Å². The van der Waals surface area contributed by atoms with E-state index in [4.69, 9.17) is 11.6 Å². The molecule has 11 heteroatoms. The fourth-order valence-corrected chi connectivity index (χ4v) is 2.52. The zero-order valence-electron chi connectivity index (χ0n) is 13.8. The fourth-order valence-electron chi connectivity index (χ4n) is 2.36. The van der Waals surface area contributed by atoms with E-state index in [1.54, 1.807) is 13.3 Å². The minimum Gasteiger partial charge on any atom is -0.344 e. The number of nitrogens with zero attached hydrogens (tertiary/aromatic N) is 7. The summed E-state index contributed by atoms with van der Waals surface area (Å²) in [5.41, 5.74) is 0. The average Bonchev–Trinajstić information content (AvgIpc) is 3.35. The number of nitrogens with one attached hydrogen (secondary N) is 2. The lowest BCUT2D eigenvalue weighted by atomic mass is 10.3. The first-order chi connectivity index (χ1) is 12.6. The highest BCUT2D eigenvalue weighted by atomic mass is 35.5. The zero-order valence-corrected chi connectivity index (χ0v) is 14.5. The van der Waals surface area contributed by atoms with Gasteiger partial charge >= 0.3 is 0 Å². The summed E-state index contributed by atoms with van der Waals surface area (Å²) >= 11 is 5.98. The van der Waals surface area contributed by atoms with Gasteiger partial charge in [-0.15, -0.1) is 0 Å². The Morgan fingerprint density at radius 3 is 2.62 bits per heavy atom. The van der Waals surface area contributed by atoms with Gasteiger partial charge in [0.15, 0.2) is 11.6 Å². The monoisotopic (exact) mass is 375 g/mol. The molecule has 1 aliphatic carbocycles. The molecule has 0 unspecified atom stereocenters. The molecule has 0 aliphatic heterocycles. The highest BCUT2D eigenvalue weighted by Gasteiger charge is 2.23. The summed E-state index contributed by atoms with van der Waals surface area (Å²) in [6, 6.07) is 0.185. The second-order valence-electron chi connectivity index (χ2n) is 5.94. The Bertz CT molecular complexity index is 910. The van der Waals surface area contributed by atoms with Crippen molar-refractivity contribution in [2.45, 2.75) is 31.8 Å². The highest BCUT2D eigenvalue weighted by Crippen LogP contribution is 2.35. The van der Waals surface area contributed by atoms with Gasteiger partial charge in [0, 0.05) is 12.2 Å². The zero-order chi connectivity index (χ0) is 18.1. The molecule has 0 amide bonds. The highest BCUT2D eigenvalue weighted by molar-refractivity contribution is 6.28. The normalized spacial score (nSPS) is 14.9. The lowest BCUT2D eigenvalue weighted by molar-refractivity contribution is 0.604. The van der Waals surface area contributed by atoms with Crippen molar-refractivity contribution in [1.82, 2.24) is 34.5 Å². The van der Waals surface area contributed by atoms with Crippen molar-refractivity contribution in [2.24, 2.45) is 0 Å². The first-order valence-corrected chi connectivity index (χ1v) is 8.40. The van der Waals surface area contributed by atoms with E-state index in [2.05, 4.69) is 45.1 Å². The Morgan fingerprint density at radius 2 is 1.88 bits per heavy atom. The van der Waals surface area contributed by atoms with E-state index in [1.165, 1.54) is 12.8 Å². The van der Waals surface area contributed by atoms with E-state index in [9.17, 15) is 4.39 Å². The largest absolute Gasteiger partial charge is 0.344 e. The van der Waals surface area contributed by atoms with Crippen LogP contribution in [-0.4, -0.2) is 34.5 Å². The van der Waals surface area contributed by atoms with Crippen molar-refractivity contribution in [1.29, 1.82) is 0 Å². The van der Waals surface area contributed by atoms with Crippen LogP contribution in [0.15, 0.2) is 24.9 Å². The molecule has 134 valence electrons. The summed E-state index contributed by atoms with van der Waals surface area (Å²) in [7, 11) is 0. The molecule has 9 nitrogen and oxygen atoms in total. The van der Waals surface area contributed by atoms with Crippen molar-refractivity contribution in [3.8, 4) is 0 Å². The van der Waals surface area contributed by atoms with Crippen LogP contribution in [0, 0.1) is 5.82 Å². The van der Waals surface area contributed by atoms with Gasteiger partial charge in [-0.2, -0.15) is 15.0 Å². The van der Waals surface area contributed by atoms with Crippen LogP contribution in [0.4, 0.5) is 22.1 Å². The molecule has 3 heterocycles. The second-order valence-corrected chi connectivity index (χ2v) is 6.28. The van der Waals surface area contributed by atoms with Gasteiger partial charge in [0.1, 0.15) is 5.82 Å². The van der Waals surface area contributed by atoms with Crippen LogP contribution in [0.5, 0.6) is 0 Å². The van der Waals surface area contributed by atoms with Crippen molar-refractivity contribution in [3.63, 3.8) is 0 Å². The van der Waals surface area contributed by atoms with Gasteiger partial charge < -0.3 is 15.2 Å². The van der Waals surface area contributed by atoms with Crippen LogP contribution < -0.4 is 10.6 Å². The van der Waals surface area contributed by atoms with Gasteiger partial charge in [-0.3, -0.25) is 0 Å². The Kier molecular flexibility index (Phi) is 4.33. The number of imidazole rings is 1. The maximum absolute atomic E-state index is 12.9.